The van der Waals surface area contributed by atoms with Crippen molar-refractivity contribution in [2.24, 2.45) is 0 Å². The Morgan fingerprint density at radius 3 is 2.53 bits per heavy atom. The molecule has 4 heteroatoms. The molecule has 2 rings (SSSR count). The monoisotopic (exact) mass is 275 g/mol. The second-order valence-corrected chi connectivity index (χ2v) is 4.85. The van der Waals surface area contributed by atoms with Crippen LogP contribution in [0.2, 0.25) is 5.02 Å². The maximum atomic E-state index is 12.1. The van der Waals surface area contributed by atoms with Crippen molar-refractivity contribution in [1.82, 2.24) is 0 Å². The van der Waals surface area contributed by atoms with Gasteiger partial charge in [0.15, 0.2) is 0 Å². The lowest BCUT2D eigenvalue weighted by molar-refractivity contribution is 0.102. The Kier molecular flexibility index (Phi) is 3.76. The van der Waals surface area contributed by atoms with E-state index in [1.165, 1.54) is 12.1 Å². The average Bonchev–Trinajstić information content (AvgIpc) is 2.33. The average molecular weight is 276 g/mol. The van der Waals surface area contributed by atoms with Gasteiger partial charge in [-0.3, -0.25) is 4.79 Å². The minimum Gasteiger partial charge on any atom is -0.506 e. The molecule has 2 aromatic carbocycles. The van der Waals surface area contributed by atoms with E-state index in [1.807, 2.05) is 26.0 Å². The van der Waals surface area contributed by atoms with Crippen LogP contribution in [0, 0.1) is 13.8 Å². The maximum absolute atomic E-state index is 12.1. The first-order chi connectivity index (χ1) is 8.97. The van der Waals surface area contributed by atoms with Crippen molar-refractivity contribution in [3.63, 3.8) is 0 Å². The molecule has 0 radical (unpaired) electrons. The van der Waals surface area contributed by atoms with Crippen LogP contribution in [0.5, 0.6) is 5.75 Å². The number of phenols is 1. The summed E-state index contributed by atoms with van der Waals surface area (Å²) in [6.07, 6.45) is 0. The van der Waals surface area contributed by atoms with Gasteiger partial charge in [-0.2, -0.15) is 0 Å². The zero-order valence-electron chi connectivity index (χ0n) is 10.7. The van der Waals surface area contributed by atoms with E-state index in [0.29, 0.717) is 11.3 Å². The number of hydrogen-bond donors (Lipinski definition) is 2. The number of carbonyl (C=O) groups is 1. The Labute approximate surface area is 116 Å². The smallest absolute Gasteiger partial charge is 0.255 e. The van der Waals surface area contributed by atoms with Gasteiger partial charge in [0, 0.05) is 11.3 Å². The molecule has 0 bridgehead atoms. The van der Waals surface area contributed by atoms with E-state index >= 15 is 0 Å². The molecule has 0 saturated carbocycles. The van der Waals surface area contributed by atoms with Crippen LogP contribution in [-0.2, 0) is 0 Å². The van der Waals surface area contributed by atoms with Crippen molar-refractivity contribution < 1.29 is 9.90 Å². The van der Waals surface area contributed by atoms with Gasteiger partial charge >= 0.3 is 0 Å². The van der Waals surface area contributed by atoms with Gasteiger partial charge < -0.3 is 10.4 Å². The normalized spacial score (nSPS) is 10.3. The number of hydrogen-bond acceptors (Lipinski definition) is 2. The van der Waals surface area contributed by atoms with Crippen molar-refractivity contribution in [3.8, 4) is 5.75 Å². The third kappa shape index (κ3) is 3.06. The lowest BCUT2D eigenvalue weighted by Crippen LogP contribution is -2.13. The highest BCUT2D eigenvalue weighted by molar-refractivity contribution is 6.32. The molecule has 0 aliphatic rings. The summed E-state index contributed by atoms with van der Waals surface area (Å²) < 4.78 is 0. The molecular weight excluding hydrogens is 262 g/mol. The highest BCUT2D eigenvalue weighted by Crippen LogP contribution is 2.26. The fourth-order valence-electron chi connectivity index (χ4n) is 1.85. The van der Waals surface area contributed by atoms with Crippen LogP contribution < -0.4 is 5.32 Å². The van der Waals surface area contributed by atoms with Crippen molar-refractivity contribution in [2.75, 3.05) is 5.32 Å². The molecule has 1 amide bonds. The zero-order valence-corrected chi connectivity index (χ0v) is 11.5. The van der Waals surface area contributed by atoms with Gasteiger partial charge in [-0.25, -0.2) is 0 Å². The molecule has 19 heavy (non-hydrogen) atoms. The Balaban J connectivity index is 2.23. The maximum Gasteiger partial charge on any atom is 0.255 e. The summed E-state index contributed by atoms with van der Waals surface area (Å²) in [6.45, 7) is 3.88. The van der Waals surface area contributed by atoms with Gasteiger partial charge in [0.2, 0.25) is 0 Å². The van der Waals surface area contributed by atoms with E-state index in [-0.39, 0.29) is 16.7 Å². The number of halogens is 1. The molecule has 0 aliphatic carbocycles. The van der Waals surface area contributed by atoms with Crippen LogP contribution >= 0.6 is 11.6 Å². The summed E-state index contributed by atoms with van der Waals surface area (Å²) in [5.74, 6) is -0.203. The first kappa shape index (κ1) is 13.4. The Bertz CT molecular complexity index is 638. The van der Waals surface area contributed by atoms with E-state index in [1.54, 1.807) is 12.1 Å². The summed E-state index contributed by atoms with van der Waals surface area (Å²) in [5, 5.41) is 12.3. The van der Waals surface area contributed by atoms with Crippen molar-refractivity contribution >= 4 is 23.2 Å². The molecule has 0 unspecified atom stereocenters. The first-order valence-corrected chi connectivity index (χ1v) is 6.22. The Hall–Kier alpha value is -2.00. The van der Waals surface area contributed by atoms with Crippen LogP contribution in [0.1, 0.15) is 21.5 Å². The van der Waals surface area contributed by atoms with Crippen molar-refractivity contribution in [2.45, 2.75) is 13.8 Å². The number of anilines is 1. The second-order valence-electron chi connectivity index (χ2n) is 4.44. The number of amides is 1. The van der Waals surface area contributed by atoms with E-state index in [0.717, 1.165) is 11.1 Å². The molecule has 0 heterocycles. The number of rotatable bonds is 2. The molecule has 0 atom stereocenters. The summed E-state index contributed by atoms with van der Waals surface area (Å²) >= 11 is 5.79. The van der Waals surface area contributed by atoms with Gasteiger partial charge in [-0.1, -0.05) is 29.3 Å². The summed E-state index contributed by atoms with van der Waals surface area (Å²) in [6, 6.07) is 10.2. The van der Waals surface area contributed by atoms with E-state index < -0.39 is 0 Å². The molecule has 0 aromatic heterocycles. The highest BCUT2D eigenvalue weighted by atomic mass is 35.5. The lowest BCUT2D eigenvalue weighted by Gasteiger charge is -2.09. The number of carbonyl (C=O) groups excluding carboxylic acids is 1. The predicted octanol–water partition coefficient (Wildman–Crippen LogP) is 3.91. The molecule has 0 spiro atoms. The van der Waals surface area contributed by atoms with E-state index in [2.05, 4.69) is 5.32 Å². The number of phenolic OH excluding ortho intramolecular Hbond substituents is 1. The van der Waals surface area contributed by atoms with Crippen LogP contribution in [0.3, 0.4) is 0 Å². The zero-order chi connectivity index (χ0) is 14.0. The first-order valence-electron chi connectivity index (χ1n) is 5.84. The van der Waals surface area contributed by atoms with Crippen LogP contribution in [0.25, 0.3) is 0 Å². The standard InChI is InChI=1S/C15H14ClNO2/c1-9-3-5-12(10(2)7-9)15(19)17-11-4-6-14(18)13(16)8-11/h3-8,18H,1-2H3,(H,17,19). The van der Waals surface area contributed by atoms with Gasteiger partial charge in [-0.05, 0) is 43.7 Å². The van der Waals surface area contributed by atoms with Crippen LogP contribution in [0.15, 0.2) is 36.4 Å². The molecule has 0 saturated heterocycles. The topological polar surface area (TPSA) is 49.3 Å². The molecule has 3 nitrogen and oxygen atoms in total. The number of nitrogens with one attached hydrogen (secondary N) is 1. The van der Waals surface area contributed by atoms with Gasteiger partial charge in [0.1, 0.15) is 5.75 Å². The van der Waals surface area contributed by atoms with Gasteiger partial charge in [0.25, 0.3) is 5.91 Å². The predicted molar refractivity (Wildman–Crippen MR) is 77.0 cm³/mol. The van der Waals surface area contributed by atoms with Gasteiger partial charge in [0.05, 0.1) is 5.02 Å². The second kappa shape index (κ2) is 5.33. The SMILES string of the molecule is Cc1ccc(C(=O)Nc2ccc(O)c(Cl)c2)c(C)c1. The quantitative estimate of drug-likeness (QED) is 0.816. The van der Waals surface area contributed by atoms with E-state index in [4.69, 9.17) is 11.6 Å². The molecule has 98 valence electrons. The fourth-order valence-corrected chi connectivity index (χ4v) is 2.03. The van der Waals surface area contributed by atoms with Crippen molar-refractivity contribution in [1.29, 1.82) is 0 Å². The van der Waals surface area contributed by atoms with Gasteiger partial charge in [-0.15, -0.1) is 0 Å². The minimum atomic E-state index is -0.195. The molecule has 2 aromatic rings. The minimum absolute atomic E-state index is 0.00816. The number of aromatic hydroxyl groups is 1. The van der Waals surface area contributed by atoms with Crippen LogP contribution in [-0.4, -0.2) is 11.0 Å². The summed E-state index contributed by atoms with van der Waals surface area (Å²) in [5.41, 5.74) is 3.20. The Morgan fingerprint density at radius 1 is 1.16 bits per heavy atom. The van der Waals surface area contributed by atoms with E-state index in [9.17, 15) is 9.90 Å². The van der Waals surface area contributed by atoms with Crippen LogP contribution in [0.4, 0.5) is 5.69 Å². The molecule has 2 N–H and O–H groups in total. The lowest BCUT2D eigenvalue weighted by atomic mass is 10.1. The summed E-state index contributed by atoms with van der Waals surface area (Å²) in [7, 11) is 0. The molecule has 0 aliphatic heterocycles. The third-order valence-electron chi connectivity index (χ3n) is 2.83. The summed E-state index contributed by atoms with van der Waals surface area (Å²) in [4.78, 5) is 12.1. The fraction of sp³-hybridized carbons (Fsp3) is 0.133. The number of aryl methyl sites for hydroxylation is 2. The Morgan fingerprint density at radius 2 is 1.89 bits per heavy atom. The number of benzene rings is 2. The molecular formula is C15H14ClNO2. The highest BCUT2D eigenvalue weighted by Gasteiger charge is 2.10. The largest absolute Gasteiger partial charge is 0.506 e. The molecule has 0 fully saturated rings. The third-order valence-corrected chi connectivity index (χ3v) is 3.13. The van der Waals surface area contributed by atoms with Crippen molar-refractivity contribution in [3.05, 3.63) is 58.1 Å².